The third-order valence-electron chi connectivity index (χ3n) is 5.52. The van der Waals surface area contributed by atoms with Crippen LogP contribution in [0.25, 0.3) is 11.0 Å². The number of aryl methyl sites for hydroxylation is 1. The molecule has 5 heteroatoms. The Morgan fingerprint density at radius 2 is 2.20 bits per heavy atom. The first-order valence-electron chi connectivity index (χ1n) is 9.21. The SMILES string of the molecule is CCc1ccc2occ(CC(=O)N3C[C@@H]4CCC[C@H](C3)C(=O)N4)c2c1. The van der Waals surface area contributed by atoms with E-state index in [1.807, 2.05) is 11.0 Å². The van der Waals surface area contributed by atoms with E-state index in [1.54, 1.807) is 6.26 Å². The van der Waals surface area contributed by atoms with Crippen LogP contribution in [0.4, 0.5) is 0 Å². The Labute approximate surface area is 147 Å². The van der Waals surface area contributed by atoms with E-state index in [0.29, 0.717) is 19.5 Å². The predicted octanol–water partition coefficient (Wildman–Crippen LogP) is 2.66. The van der Waals surface area contributed by atoms with Crippen molar-refractivity contribution in [3.8, 4) is 0 Å². The number of carbonyl (C=O) groups excluding carboxylic acids is 2. The molecule has 2 fully saturated rings. The number of hydrogen-bond donors (Lipinski definition) is 1. The summed E-state index contributed by atoms with van der Waals surface area (Å²) >= 11 is 0. The fourth-order valence-corrected chi connectivity index (χ4v) is 4.01. The van der Waals surface area contributed by atoms with Gasteiger partial charge in [-0.05, 0) is 37.0 Å². The van der Waals surface area contributed by atoms with E-state index in [2.05, 4.69) is 24.4 Å². The van der Waals surface area contributed by atoms with Gasteiger partial charge >= 0.3 is 0 Å². The summed E-state index contributed by atoms with van der Waals surface area (Å²) in [5, 5.41) is 4.10. The molecule has 2 amide bonds. The van der Waals surface area contributed by atoms with Crippen molar-refractivity contribution in [3.63, 3.8) is 0 Å². The molecule has 0 radical (unpaired) electrons. The van der Waals surface area contributed by atoms with Gasteiger partial charge < -0.3 is 14.6 Å². The first kappa shape index (κ1) is 16.2. The molecule has 3 heterocycles. The zero-order valence-corrected chi connectivity index (χ0v) is 14.6. The molecule has 2 atom stereocenters. The van der Waals surface area contributed by atoms with E-state index in [9.17, 15) is 9.59 Å². The van der Waals surface area contributed by atoms with Crippen molar-refractivity contribution in [1.29, 1.82) is 0 Å². The Kier molecular flexibility index (Phi) is 4.24. The van der Waals surface area contributed by atoms with Gasteiger partial charge in [0, 0.05) is 30.1 Å². The number of benzene rings is 1. The van der Waals surface area contributed by atoms with Gasteiger partial charge in [-0.1, -0.05) is 19.4 Å². The summed E-state index contributed by atoms with van der Waals surface area (Å²) in [6.45, 7) is 3.28. The molecule has 2 aliphatic heterocycles. The number of amides is 2. The van der Waals surface area contributed by atoms with Crippen LogP contribution in [0.2, 0.25) is 0 Å². The largest absolute Gasteiger partial charge is 0.464 e. The molecule has 2 saturated heterocycles. The van der Waals surface area contributed by atoms with Gasteiger partial charge in [0.1, 0.15) is 5.58 Å². The Morgan fingerprint density at radius 3 is 3.04 bits per heavy atom. The molecule has 25 heavy (non-hydrogen) atoms. The molecule has 5 nitrogen and oxygen atoms in total. The van der Waals surface area contributed by atoms with Crippen LogP contribution in [-0.4, -0.2) is 35.8 Å². The van der Waals surface area contributed by atoms with Crippen LogP contribution < -0.4 is 5.32 Å². The molecule has 0 unspecified atom stereocenters. The van der Waals surface area contributed by atoms with E-state index in [-0.39, 0.29) is 23.8 Å². The van der Waals surface area contributed by atoms with Gasteiger partial charge in [-0.15, -0.1) is 0 Å². The van der Waals surface area contributed by atoms with Crippen LogP contribution in [0.1, 0.15) is 37.3 Å². The second kappa shape index (κ2) is 6.54. The molecule has 1 N–H and O–H groups in total. The third kappa shape index (κ3) is 3.15. The van der Waals surface area contributed by atoms with Crippen LogP contribution in [0.15, 0.2) is 28.9 Å². The normalized spacial score (nSPS) is 23.4. The smallest absolute Gasteiger partial charge is 0.227 e. The highest BCUT2D eigenvalue weighted by Crippen LogP contribution is 2.26. The first-order valence-corrected chi connectivity index (χ1v) is 9.21. The van der Waals surface area contributed by atoms with Crippen molar-refractivity contribution in [3.05, 3.63) is 35.6 Å². The summed E-state index contributed by atoms with van der Waals surface area (Å²) in [6.07, 6.45) is 5.87. The minimum atomic E-state index is -0.0655. The molecule has 2 aliphatic rings. The number of hydrogen-bond acceptors (Lipinski definition) is 3. The number of carbonyl (C=O) groups is 2. The van der Waals surface area contributed by atoms with Crippen LogP contribution >= 0.6 is 0 Å². The number of nitrogens with zero attached hydrogens (tertiary/aromatic N) is 1. The maximum atomic E-state index is 12.9. The van der Waals surface area contributed by atoms with Crippen molar-refractivity contribution < 1.29 is 14.0 Å². The lowest BCUT2D eigenvalue weighted by Crippen LogP contribution is -2.42. The maximum Gasteiger partial charge on any atom is 0.227 e. The van der Waals surface area contributed by atoms with E-state index < -0.39 is 0 Å². The van der Waals surface area contributed by atoms with Crippen LogP contribution in [0.3, 0.4) is 0 Å². The molecule has 0 spiro atoms. The lowest BCUT2D eigenvalue weighted by molar-refractivity contribution is -0.131. The number of nitrogens with one attached hydrogen (secondary N) is 1. The van der Waals surface area contributed by atoms with Gasteiger partial charge in [0.25, 0.3) is 0 Å². The number of rotatable bonds is 3. The Morgan fingerprint density at radius 1 is 1.32 bits per heavy atom. The topological polar surface area (TPSA) is 62.6 Å². The van der Waals surface area contributed by atoms with Gasteiger partial charge in [-0.2, -0.15) is 0 Å². The highest BCUT2D eigenvalue weighted by molar-refractivity contribution is 5.89. The molecule has 1 aromatic heterocycles. The van der Waals surface area contributed by atoms with Crippen LogP contribution in [0.5, 0.6) is 0 Å². The average Bonchev–Trinajstić information content (AvgIpc) is 2.80. The summed E-state index contributed by atoms with van der Waals surface area (Å²) in [5.74, 6) is 0.126. The van der Waals surface area contributed by atoms with Crippen LogP contribution in [0, 0.1) is 5.92 Å². The van der Waals surface area contributed by atoms with Crippen molar-refractivity contribution >= 4 is 22.8 Å². The molecule has 132 valence electrons. The third-order valence-corrected chi connectivity index (χ3v) is 5.52. The minimum Gasteiger partial charge on any atom is -0.464 e. The Balaban J connectivity index is 1.55. The van der Waals surface area contributed by atoms with E-state index >= 15 is 0 Å². The minimum absolute atomic E-state index is 0.0655. The summed E-state index contributed by atoms with van der Waals surface area (Å²) in [5.41, 5.74) is 3.00. The second-order valence-electron chi connectivity index (χ2n) is 7.25. The summed E-state index contributed by atoms with van der Waals surface area (Å²) < 4.78 is 5.62. The predicted molar refractivity (Wildman–Crippen MR) is 95.1 cm³/mol. The molecule has 2 bridgehead atoms. The van der Waals surface area contributed by atoms with Crippen molar-refractivity contribution in [2.75, 3.05) is 13.1 Å². The molecule has 1 aromatic carbocycles. The van der Waals surface area contributed by atoms with E-state index in [1.165, 1.54) is 5.56 Å². The zero-order chi connectivity index (χ0) is 17.4. The molecular weight excluding hydrogens is 316 g/mol. The molecule has 4 rings (SSSR count). The van der Waals surface area contributed by atoms with Gasteiger partial charge in [0.15, 0.2) is 0 Å². The zero-order valence-electron chi connectivity index (χ0n) is 14.6. The lowest BCUT2D eigenvalue weighted by atomic mass is 9.98. The van der Waals surface area contributed by atoms with Gasteiger partial charge in [-0.25, -0.2) is 0 Å². The Hall–Kier alpha value is -2.30. The molecular formula is C20H24N2O3. The highest BCUT2D eigenvalue weighted by atomic mass is 16.3. The summed E-state index contributed by atoms with van der Waals surface area (Å²) in [7, 11) is 0. The highest BCUT2D eigenvalue weighted by Gasteiger charge is 2.34. The van der Waals surface area contributed by atoms with E-state index in [4.69, 9.17) is 4.42 Å². The van der Waals surface area contributed by atoms with Crippen molar-refractivity contribution in [2.24, 2.45) is 5.92 Å². The fraction of sp³-hybridized carbons (Fsp3) is 0.500. The van der Waals surface area contributed by atoms with Gasteiger partial charge in [-0.3, -0.25) is 9.59 Å². The Bertz CT molecular complexity index is 810. The van der Waals surface area contributed by atoms with Gasteiger partial charge in [0.2, 0.25) is 11.8 Å². The molecule has 0 saturated carbocycles. The first-order chi connectivity index (χ1) is 12.1. The van der Waals surface area contributed by atoms with E-state index in [0.717, 1.165) is 42.2 Å². The van der Waals surface area contributed by atoms with Crippen molar-refractivity contribution in [2.45, 2.75) is 45.1 Å². The maximum absolute atomic E-state index is 12.9. The summed E-state index contributed by atoms with van der Waals surface area (Å²) in [4.78, 5) is 26.9. The fourth-order valence-electron chi connectivity index (χ4n) is 4.01. The lowest BCUT2D eigenvalue weighted by Gasteiger charge is -2.27. The van der Waals surface area contributed by atoms with Gasteiger partial charge in [0.05, 0.1) is 18.6 Å². The number of likely N-dealkylation sites (tertiary alicyclic amines) is 1. The number of furan rings is 1. The number of fused-ring (bicyclic) bond motifs is 4. The second-order valence-corrected chi connectivity index (χ2v) is 7.25. The molecule has 2 aromatic rings. The average molecular weight is 340 g/mol. The standard InChI is InChI=1S/C20H24N2O3/c1-2-13-6-7-18-17(8-13)15(12-25-18)9-19(23)22-10-14-4-3-5-16(11-22)21-20(14)24/h6-8,12,14,16H,2-5,9-11H2,1H3,(H,21,24)/t14-,16+/m1/s1. The molecule has 0 aliphatic carbocycles. The van der Waals surface area contributed by atoms with Crippen molar-refractivity contribution in [1.82, 2.24) is 10.2 Å². The van der Waals surface area contributed by atoms with Crippen LogP contribution in [-0.2, 0) is 22.4 Å². The summed E-state index contributed by atoms with van der Waals surface area (Å²) in [6, 6.07) is 6.24. The quantitative estimate of drug-likeness (QED) is 0.934. The monoisotopic (exact) mass is 340 g/mol.